The van der Waals surface area contributed by atoms with Crippen LogP contribution in [0.5, 0.6) is 0 Å². The maximum Gasteiger partial charge on any atom is 0.179 e. The minimum absolute atomic E-state index is 0. The van der Waals surface area contributed by atoms with Crippen LogP contribution in [-0.4, -0.2) is 33.3 Å². The summed E-state index contributed by atoms with van der Waals surface area (Å²) in [5.41, 5.74) is 0.838. The normalized spacial score (nSPS) is 18.9. The number of halogens is 2. The van der Waals surface area contributed by atoms with Gasteiger partial charge in [0.1, 0.15) is 0 Å². The monoisotopic (exact) mass is 299 g/mol. The van der Waals surface area contributed by atoms with E-state index in [-0.39, 0.29) is 12.4 Å². The molecule has 1 saturated heterocycles. The molecule has 1 fully saturated rings. The van der Waals surface area contributed by atoms with Crippen LogP contribution >= 0.6 is 24.0 Å². The highest BCUT2D eigenvalue weighted by atomic mass is 35.5. The topological polar surface area (TPSA) is 55.6 Å². The Bertz CT molecular complexity index is 536. The molecule has 0 spiro atoms. The number of tetrazole rings is 1. The molecule has 19 heavy (non-hydrogen) atoms. The van der Waals surface area contributed by atoms with E-state index in [0.717, 1.165) is 37.4 Å². The van der Waals surface area contributed by atoms with Crippen LogP contribution in [0.4, 0.5) is 0 Å². The van der Waals surface area contributed by atoms with E-state index >= 15 is 0 Å². The quantitative estimate of drug-likeness (QED) is 0.924. The van der Waals surface area contributed by atoms with Gasteiger partial charge in [-0.2, -0.15) is 0 Å². The Labute approximate surface area is 122 Å². The third-order valence-corrected chi connectivity index (χ3v) is 3.37. The lowest BCUT2D eigenvalue weighted by Gasteiger charge is -2.19. The summed E-state index contributed by atoms with van der Waals surface area (Å²) < 4.78 is 0. The summed E-state index contributed by atoms with van der Waals surface area (Å²) in [5, 5.41) is 16.7. The van der Waals surface area contributed by atoms with Gasteiger partial charge >= 0.3 is 0 Å². The standard InChI is InChI=1S/C12H14ClN5.ClH/c13-10-4-1-5-11(7-10)18-16-12(15-17-18)9-3-2-6-14-8-9;/h1,4-5,7,9,14H,2-3,6,8H2;1H. The van der Waals surface area contributed by atoms with Gasteiger partial charge in [-0.05, 0) is 42.8 Å². The van der Waals surface area contributed by atoms with Gasteiger partial charge in [-0.15, -0.1) is 27.4 Å². The predicted octanol–water partition coefficient (Wildman–Crippen LogP) is 2.20. The molecular weight excluding hydrogens is 285 g/mol. The second-order valence-corrected chi connectivity index (χ2v) is 4.90. The minimum Gasteiger partial charge on any atom is -0.316 e. The maximum atomic E-state index is 5.95. The fraction of sp³-hybridized carbons (Fsp3) is 0.417. The average molecular weight is 300 g/mol. The van der Waals surface area contributed by atoms with Crippen LogP contribution in [0.2, 0.25) is 5.02 Å². The number of nitrogens with zero attached hydrogens (tertiary/aromatic N) is 4. The zero-order valence-electron chi connectivity index (χ0n) is 10.3. The van der Waals surface area contributed by atoms with Crippen LogP contribution in [0.25, 0.3) is 5.69 Å². The smallest absolute Gasteiger partial charge is 0.179 e. The Kier molecular flexibility index (Phi) is 4.74. The number of nitrogens with one attached hydrogen (secondary N) is 1. The maximum absolute atomic E-state index is 5.95. The summed E-state index contributed by atoms with van der Waals surface area (Å²) in [6, 6.07) is 7.44. The molecule has 102 valence electrons. The van der Waals surface area contributed by atoms with Crippen molar-refractivity contribution in [1.82, 2.24) is 25.5 Å². The first-order valence-electron chi connectivity index (χ1n) is 6.09. The van der Waals surface area contributed by atoms with E-state index in [9.17, 15) is 0 Å². The fourth-order valence-corrected chi connectivity index (χ4v) is 2.36. The van der Waals surface area contributed by atoms with Crippen LogP contribution in [0.3, 0.4) is 0 Å². The van der Waals surface area contributed by atoms with Gasteiger partial charge in [0.25, 0.3) is 0 Å². The lowest BCUT2D eigenvalue weighted by molar-refractivity contribution is 0.446. The molecule has 3 rings (SSSR count). The second-order valence-electron chi connectivity index (χ2n) is 4.46. The van der Waals surface area contributed by atoms with Crippen molar-refractivity contribution in [2.45, 2.75) is 18.8 Å². The molecular formula is C12H15Cl2N5. The molecule has 0 aliphatic carbocycles. The van der Waals surface area contributed by atoms with E-state index in [1.54, 1.807) is 0 Å². The van der Waals surface area contributed by atoms with Crippen LogP contribution in [-0.2, 0) is 0 Å². The largest absolute Gasteiger partial charge is 0.316 e. The molecule has 5 nitrogen and oxygen atoms in total. The molecule has 1 aromatic heterocycles. The molecule has 1 unspecified atom stereocenters. The summed E-state index contributed by atoms with van der Waals surface area (Å²) in [6.45, 7) is 2.01. The molecule has 2 aromatic rings. The third-order valence-electron chi connectivity index (χ3n) is 3.13. The summed E-state index contributed by atoms with van der Waals surface area (Å²) in [5.74, 6) is 1.17. The highest BCUT2D eigenvalue weighted by molar-refractivity contribution is 6.30. The molecule has 0 saturated carbocycles. The summed E-state index contributed by atoms with van der Waals surface area (Å²) in [4.78, 5) is 1.54. The van der Waals surface area contributed by atoms with Crippen LogP contribution < -0.4 is 5.32 Å². The summed E-state index contributed by atoms with van der Waals surface area (Å²) >= 11 is 5.95. The van der Waals surface area contributed by atoms with Gasteiger partial charge < -0.3 is 5.32 Å². The van der Waals surface area contributed by atoms with Crippen molar-refractivity contribution in [2.75, 3.05) is 13.1 Å². The number of hydrogen-bond acceptors (Lipinski definition) is 4. The number of rotatable bonds is 2. The van der Waals surface area contributed by atoms with Crippen molar-refractivity contribution >= 4 is 24.0 Å². The summed E-state index contributed by atoms with van der Waals surface area (Å²) in [7, 11) is 0. The van der Waals surface area contributed by atoms with Crippen LogP contribution in [0.15, 0.2) is 24.3 Å². The van der Waals surface area contributed by atoms with Crippen molar-refractivity contribution in [1.29, 1.82) is 0 Å². The molecule has 0 bridgehead atoms. The Hall–Kier alpha value is -1.17. The first kappa shape index (κ1) is 14.2. The van der Waals surface area contributed by atoms with Gasteiger partial charge in [0.15, 0.2) is 5.82 Å². The minimum atomic E-state index is 0. The second kappa shape index (κ2) is 6.32. The Balaban J connectivity index is 0.00000133. The van der Waals surface area contributed by atoms with E-state index in [2.05, 4.69) is 20.7 Å². The predicted molar refractivity (Wildman–Crippen MR) is 76.3 cm³/mol. The zero-order valence-corrected chi connectivity index (χ0v) is 11.9. The average Bonchev–Trinajstić information content (AvgIpc) is 2.89. The first-order chi connectivity index (χ1) is 8.83. The highest BCUT2D eigenvalue weighted by Crippen LogP contribution is 2.20. The lowest BCUT2D eigenvalue weighted by Crippen LogP contribution is -2.29. The van der Waals surface area contributed by atoms with Gasteiger partial charge in [-0.3, -0.25) is 0 Å². The van der Waals surface area contributed by atoms with E-state index < -0.39 is 0 Å². The van der Waals surface area contributed by atoms with Gasteiger partial charge in [0.05, 0.1) is 5.69 Å². The molecule has 1 aliphatic heterocycles. The SMILES string of the molecule is Cl.Clc1cccc(-n2nnc(C3CCCNC3)n2)c1. The molecule has 0 radical (unpaired) electrons. The van der Waals surface area contributed by atoms with E-state index in [1.807, 2.05) is 24.3 Å². The van der Waals surface area contributed by atoms with E-state index in [0.29, 0.717) is 10.9 Å². The van der Waals surface area contributed by atoms with Crippen LogP contribution in [0.1, 0.15) is 24.6 Å². The van der Waals surface area contributed by atoms with Gasteiger partial charge in [0, 0.05) is 17.5 Å². The van der Waals surface area contributed by atoms with Gasteiger partial charge in [-0.25, -0.2) is 0 Å². The Morgan fingerprint density at radius 3 is 3.00 bits per heavy atom. The molecule has 1 N–H and O–H groups in total. The zero-order chi connectivity index (χ0) is 12.4. The van der Waals surface area contributed by atoms with Crippen molar-refractivity contribution in [3.05, 3.63) is 35.1 Å². The number of aromatic nitrogens is 4. The number of benzene rings is 1. The van der Waals surface area contributed by atoms with Gasteiger partial charge in [0.2, 0.25) is 0 Å². The van der Waals surface area contributed by atoms with E-state index in [4.69, 9.17) is 11.6 Å². The Morgan fingerprint density at radius 2 is 2.26 bits per heavy atom. The van der Waals surface area contributed by atoms with Crippen molar-refractivity contribution in [3.8, 4) is 5.69 Å². The number of piperidine rings is 1. The van der Waals surface area contributed by atoms with Crippen molar-refractivity contribution < 1.29 is 0 Å². The van der Waals surface area contributed by atoms with Gasteiger partial charge in [-0.1, -0.05) is 17.7 Å². The molecule has 0 amide bonds. The van der Waals surface area contributed by atoms with Crippen molar-refractivity contribution in [2.24, 2.45) is 0 Å². The molecule has 7 heteroatoms. The molecule has 1 aliphatic rings. The fourth-order valence-electron chi connectivity index (χ4n) is 2.17. The van der Waals surface area contributed by atoms with Crippen LogP contribution in [0, 0.1) is 0 Å². The Morgan fingerprint density at radius 1 is 1.37 bits per heavy atom. The molecule has 2 heterocycles. The highest BCUT2D eigenvalue weighted by Gasteiger charge is 2.20. The lowest BCUT2D eigenvalue weighted by atomic mass is 9.99. The summed E-state index contributed by atoms with van der Waals surface area (Å²) in [6.07, 6.45) is 2.28. The third kappa shape index (κ3) is 3.23. The van der Waals surface area contributed by atoms with Crippen molar-refractivity contribution in [3.63, 3.8) is 0 Å². The first-order valence-corrected chi connectivity index (χ1v) is 6.47. The number of hydrogen-bond donors (Lipinski definition) is 1. The van der Waals surface area contributed by atoms with E-state index in [1.165, 1.54) is 4.80 Å². The molecule has 1 aromatic carbocycles. The molecule has 1 atom stereocenters.